The lowest BCUT2D eigenvalue weighted by Gasteiger charge is -2.09. The number of amidine groups is 4. The molecule has 0 aliphatic heterocycles. The summed E-state index contributed by atoms with van der Waals surface area (Å²) in [6, 6.07) is 67.8. The minimum atomic E-state index is 0.389. The van der Waals surface area contributed by atoms with Crippen molar-refractivity contribution in [1.29, 1.82) is 0 Å². The maximum atomic E-state index is 6.53. The molecule has 0 fully saturated rings. The van der Waals surface area contributed by atoms with Crippen molar-refractivity contribution in [2.75, 3.05) is 0 Å². The Morgan fingerprint density at radius 3 is 1.78 bits per heavy atom. The number of fused-ring (bicyclic) bond motifs is 6. The molecule has 64 heavy (non-hydrogen) atoms. The predicted octanol–water partition coefficient (Wildman–Crippen LogP) is 13.1. The molecule has 0 aliphatic rings. The van der Waals surface area contributed by atoms with E-state index in [1.165, 1.54) is 15.5 Å². The summed E-state index contributed by atoms with van der Waals surface area (Å²) in [5, 5.41) is 4.63. The summed E-state index contributed by atoms with van der Waals surface area (Å²) in [5.41, 5.74) is 16.0. The first-order valence-corrected chi connectivity index (χ1v) is 21.8. The molecule has 10 rings (SSSR count). The molecule has 0 saturated carbocycles. The van der Waals surface area contributed by atoms with Crippen LogP contribution >= 0.6 is 11.3 Å². The minimum absolute atomic E-state index is 0.389. The standard InChI is InChI=1S/C56H41N7S/c1-37(60-56(42-24-13-6-14-25-42)61-53(57)39-18-7-3-8-19-39)44-27-17-28-46-48-35-43(31-33-51(48)64-52(44)46)63-49-29-16-15-26-45(49)47-34-38(30-32-50(47)63)36-59-55(41-22-11-5-12-23-41)62-54(58-2)40-20-9-4-10-21-40/h3-35H,1-2,36H2,(H2,57,60,61)/b59-55-,62-54-. The van der Waals surface area contributed by atoms with Gasteiger partial charge < -0.3 is 10.3 Å². The average Bonchev–Trinajstić information content (AvgIpc) is 3.90. The monoisotopic (exact) mass is 843 g/mol. The molecule has 8 heteroatoms. The highest BCUT2D eigenvalue weighted by molar-refractivity contribution is 7.26. The van der Waals surface area contributed by atoms with E-state index in [-0.39, 0.29) is 0 Å². The summed E-state index contributed by atoms with van der Waals surface area (Å²) >= 11 is 1.74. The molecule has 10 aromatic rings. The fourth-order valence-corrected chi connectivity index (χ4v) is 9.31. The van der Waals surface area contributed by atoms with Crippen molar-refractivity contribution in [3.63, 3.8) is 0 Å². The second-order valence-electron chi connectivity index (χ2n) is 15.2. The van der Waals surface area contributed by atoms with Crippen LogP contribution < -0.4 is 5.73 Å². The molecular weight excluding hydrogens is 803 g/mol. The molecule has 7 nitrogen and oxygen atoms in total. The van der Waals surface area contributed by atoms with Gasteiger partial charge in [-0.15, -0.1) is 11.3 Å². The Kier molecular flexibility index (Phi) is 10.9. The van der Waals surface area contributed by atoms with Crippen LogP contribution in [-0.4, -0.2) is 34.6 Å². The summed E-state index contributed by atoms with van der Waals surface area (Å²) in [6.45, 7) is 8.73. The van der Waals surface area contributed by atoms with E-state index in [9.17, 15) is 0 Å². The summed E-state index contributed by atoms with van der Waals surface area (Å²) in [4.78, 5) is 24.1. The van der Waals surface area contributed by atoms with Crippen molar-refractivity contribution >= 4 is 89.1 Å². The highest BCUT2D eigenvalue weighted by Gasteiger charge is 2.17. The number of benzene rings is 8. The van der Waals surface area contributed by atoms with E-state index in [2.05, 4.69) is 102 Å². The number of hydrogen-bond acceptors (Lipinski definition) is 3. The summed E-state index contributed by atoms with van der Waals surface area (Å²) in [6.07, 6.45) is 0. The van der Waals surface area contributed by atoms with E-state index >= 15 is 0 Å². The van der Waals surface area contributed by atoms with Gasteiger partial charge in [-0.3, -0.25) is 4.99 Å². The normalized spacial score (nSPS) is 12.7. The van der Waals surface area contributed by atoms with Crippen LogP contribution in [0, 0.1) is 0 Å². The maximum Gasteiger partial charge on any atom is 0.162 e. The third-order valence-corrected chi connectivity index (χ3v) is 12.4. The van der Waals surface area contributed by atoms with Crippen molar-refractivity contribution in [3.05, 3.63) is 240 Å². The van der Waals surface area contributed by atoms with E-state index in [1.807, 2.05) is 121 Å². The van der Waals surface area contributed by atoms with Gasteiger partial charge in [0, 0.05) is 64.4 Å². The second-order valence-corrected chi connectivity index (χ2v) is 16.3. The smallest absolute Gasteiger partial charge is 0.162 e. The van der Waals surface area contributed by atoms with Crippen molar-refractivity contribution < 1.29 is 0 Å². The highest BCUT2D eigenvalue weighted by atomic mass is 32.1. The highest BCUT2D eigenvalue weighted by Crippen LogP contribution is 2.41. The Labute approximate surface area is 375 Å². The summed E-state index contributed by atoms with van der Waals surface area (Å²) < 4.78 is 4.65. The third-order valence-electron chi connectivity index (χ3n) is 11.2. The Morgan fingerprint density at radius 1 is 0.500 bits per heavy atom. The van der Waals surface area contributed by atoms with Gasteiger partial charge in [0.15, 0.2) is 17.5 Å². The fraction of sp³-hybridized carbons (Fsp3) is 0.0179. The second kappa shape index (κ2) is 17.6. The number of aromatic nitrogens is 1. The molecular formula is C56H41N7S. The molecule has 2 heterocycles. The lowest BCUT2D eigenvalue weighted by atomic mass is 10.1. The topological polar surface area (TPSA) is 92.7 Å². The van der Waals surface area contributed by atoms with Crippen molar-refractivity contribution in [2.24, 2.45) is 30.7 Å². The zero-order valence-electron chi connectivity index (χ0n) is 34.8. The first-order chi connectivity index (χ1) is 31.5. The van der Waals surface area contributed by atoms with Gasteiger partial charge in [0.1, 0.15) is 5.84 Å². The number of nitrogens with two attached hydrogens (primary N) is 1. The zero-order valence-corrected chi connectivity index (χ0v) is 35.7. The molecule has 8 aromatic carbocycles. The Hall–Kier alpha value is -8.33. The number of aliphatic imine (C=N–C) groups is 5. The van der Waals surface area contributed by atoms with Crippen LogP contribution in [-0.2, 0) is 6.54 Å². The van der Waals surface area contributed by atoms with Gasteiger partial charge in [-0.05, 0) is 48.7 Å². The van der Waals surface area contributed by atoms with E-state index < -0.39 is 0 Å². The van der Waals surface area contributed by atoms with Crippen molar-refractivity contribution in [1.82, 2.24) is 4.57 Å². The molecule has 0 amide bonds. The lowest BCUT2D eigenvalue weighted by Crippen LogP contribution is -2.16. The molecule has 2 aromatic heterocycles. The van der Waals surface area contributed by atoms with Crippen LogP contribution in [0.1, 0.15) is 33.4 Å². The van der Waals surface area contributed by atoms with Crippen LogP contribution in [0.25, 0.3) is 53.4 Å². The minimum Gasteiger partial charge on any atom is -0.383 e. The maximum absolute atomic E-state index is 6.53. The number of hydrogen-bond donors (Lipinski definition) is 1. The number of nitrogens with zero attached hydrogens (tertiary/aromatic N) is 6. The predicted molar refractivity (Wildman–Crippen MR) is 272 cm³/mol. The van der Waals surface area contributed by atoms with E-state index in [4.69, 9.17) is 25.7 Å². The molecule has 0 unspecified atom stereocenters. The molecule has 0 saturated heterocycles. The third kappa shape index (κ3) is 7.86. The first-order valence-electron chi connectivity index (χ1n) is 20.9. The summed E-state index contributed by atoms with van der Waals surface area (Å²) in [7, 11) is 0. The van der Waals surface area contributed by atoms with Crippen LogP contribution in [0.2, 0.25) is 0 Å². The molecule has 0 aliphatic carbocycles. The van der Waals surface area contributed by atoms with Gasteiger partial charge in [-0.2, -0.15) is 0 Å². The van der Waals surface area contributed by atoms with Crippen LogP contribution in [0.4, 0.5) is 0 Å². The van der Waals surface area contributed by atoms with E-state index in [0.29, 0.717) is 35.6 Å². The van der Waals surface area contributed by atoms with Gasteiger partial charge in [-0.25, -0.2) is 20.0 Å². The Morgan fingerprint density at radius 2 is 1.09 bits per heavy atom. The van der Waals surface area contributed by atoms with Gasteiger partial charge >= 0.3 is 0 Å². The molecule has 306 valence electrons. The van der Waals surface area contributed by atoms with E-state index in [0.717, 1.165) is 65.6 Å². The largest absolute Gasteiger partial charge is 0.383 e. The quantitative estimate of drug-likeness (QED) is 0.114. The first kappa shape index (κ1) is 39.8. The Balaban J connectivity index is 1.03. The fourth-order valence-electron chi connectivity index (χ4n) is 8.09. The molecule has 0 radical (unpaired) electrons. The van der Waals surface area contributed by atoms with E-state index in [1.54, 1.807) is 11.3 Å². The average molecular weight is 844 g/mol. The Bertz CT molecular complexity index is 3490. The zero-order chi connectivity index (χ0) is 43.4. The number of para-hydroxylation sites is 1. The van der Waals surface area contributed by atoms with Gasteiger partial charge in [0.25, 0.3) is 0 Å². The lowest BCUT2D eigenvalue weighted by molar-refractivity contribution is 1.06. The van der Waals surface area contributed by atoms with Crippen LogP contribution in [0.3, 0.4) is 0 Å². The molecule has 0 atom stereocenters. The van der Waals surface area contributed by atoms with Crippen molar-refractivity contribution in [2.45, 2.75) is 6.54 Å². The van der Waals surface area contributed by atoms with Crippen LogP contribution in [0.5, 0.6) is 0 Å². The molecule has 2 N–H and O–H groups in total. The molecule has 0 bridgehead atoms. The van der Waals surface area contributed by atoms with Gasteiger partial charge in [0.2, 0.25) is 0 Å². The number of rotatable bonds is 9. The van der Waals surface area contributed by atoms with Gasteiger partial charge in [0.05, 0.1) is 23.3 Å². The summed E-state index contributed by atoms with van der Waals surface area (Å²) in [5.74, 6) is 2.02. The van der Waals surface area contributed by atoms with Crippen molar-refractivity contribution in [3.8, 4) is 5.69 Å². The van der Waals surface area contributed by atoms with Gasteiger partial charge in [-0.1, -0.05) is 170 Å². The number of thiophene rings is 1. The SMILES string of the molecule is C=N/C(=N\C(=N/Cc1ccc2c(c1)c1ccccc1n2-c1ccc2sc3c(C(=C)/N=C(\N=C(/N)c4ccccc4)c4ccccc4)cccc3c2c1)c1ccccc1)c1ccccc1. The molecule has 0 spiro atoms. The van der Waals surface area contributed by atoms with Crippen LogP contribution in [0.15, 0.2) is 232 Å².